The number of carbonyl (C=O) groups is 1. The highest BCUT2D eigenvalue weighted by atomic mass is 16.5. The third-order valence-electron chi connectivity index (χ3n) is 5.93. The highest BCUT2D eigenvalue weighted by Crippen LogP contribution is 2.45. The van der Waals surface area contributed by atoms with Crippen LogP contribution in [0.4, 0.5) is 0 Å². The van der Waals surface area contributed by atoms with E-state index in [1.54, 1.807) is 7.11 Å². The van der Waals surface area contributed by atoms with Crippen molar-refractivity contribution in [1.82, 2.24) is 4.90 Å². The summed E-state index contributed by atoms with van der Waals surface area (Å²) < 4.78 is 16.7. The van der Waals surface area contributed by atoms with Crippen molar-refractivity contribution in [3.05, 3.63) is 0 Å². The molecule has 1 spiro atoms. The average molecular weight is 325 g/mol. The average Bonchev–Trinajstić information content (AvgIpc) is 3.39. The van der Waals surface area contributed by atoms with E-state index in [0.29, 0.717) is 24.4 Å². The van der Waals surface area contributed by atoms with Crippen LogP contribution in [0.25, 0.3) is 0 Å². The van der Waals surface area contributed by atoms with Gasteiger partial charge in [0.2, 0.25) is 5.91 Å². The molecule has 1 amide bonds. The number of likely N-dealkylation sites (tertiary alicyclic amines) is 1. The minimum absolute atomic E-state index is 0.232. The van der Waals surface area contributed by atoms with Crippen LogP contribution in [0.15, 0.2) is 0 Å². The molecule has 0 radical (unpaired) electrons. The van der Waals surface area contributed by atoms with E-state index in [1.165, 1.54) is 12.8 Å². The largest absolute Gasteiger partial charge is 0.384 e. The Bertz CT molecular complexity index is 388. The fourth-order valence-electron chi connectivity index (χ4n) is 3.98. The van der Waals surface area contributed by atoms with Gasteiger partial charge in [0.25, 0.3) is 0 Å². The fraction of sp³-hybridized carbons (Fsp3) is 0.944. The first-order valence-corrected chi connectivity index (χ1v) is 9.16. The molecule has 2 saturated heterocycles. The van der Waals surface area contributed by atoms with Crippen LogP contribution < -0.4 is 0 Å². The molecular formula is C18H31NO4. The molecular weight excluding hydrogens is 294 g/mol. The van der Waals surface area contributed by atoms with Gasteiger partial charge in [0.05, 0.1) is 26.2 Å². The van der Waals surface area contributed by atoms with Gasteiger partial charge >= 0.3 is 0 Å². The molecule has 0 unspecified atom stereocenters. The summed E-state index contributed by atoms with van der Waals surface area (Å²) in [5.74, 6) is 1.54. The summed E-state index contributed by atoms with van der Waals surface area (Å²) >= 11 is 0. The maximum Gasteiger partial charge on any atom is 0.224 e. The van der Waals surface area contributed by atoms with E-state index in [9.17, 15) is 4.79 Å². The van der Waals surface area contributed by atoms with E-state index < -0.39 is 0 Å². The molecule has 132 valence electrons. The second-order valence-electron chi connectivity index (χ2n) is 7.49. The normalized spacial score (nSPS) is 27.3. The molecule has 0 N–H and O–H groups in total. The van der Waals surface area contributed by atoms with Gasteiger partial charge in [0.1, 0.15) is 0 Å². The zero-order chi connectivity index (χ0) is 16.1. The number of hydrogen-bond donors (Lipinski definition) is 0. The number of methoxy groups -OCH3 is 1. The monoisotopic (exact) mass is 325 g/mol. The molecule has 23 heavy (non-hydrogen) atoms. The molecule has 3 fully saturated rings. The van der Waals surface area contributed by atoms with Gasteiger partial charge in [-0.2, -0.15) is 0 Å². The Morgan fingerprint density at radius 2 is 2.00 bits per heavy atom. The number of carbonyl (C=O) groups excluding carboxylic acids is 1. The van der Waals surface area contributed by atoms with Crippen LogP contribution in [0, 0.1) is 17.3 Å². The summed E-state index contributed by atoms with van der Waals surface area (Å²) in [5.41, 5.74) is 0.319. The molecule has 1 atom stereocenters. The minimum atomic E-state index is 0.232. The van der Waals surface area contributed by atoms with Gasteiger partial charge in [0.15, 0.2) is 0 Å². The predicted molar refractivity (Wildman–Crippen MR) is 87.2 cm³/mol. The summed E-state index contributed by atoms with van der Waals surface area (Å²) in [6, 6.07) is 0. The van der Waals surface area contributed by atoms with Crippen molar-refractivity contribution in [2.75, 3.05) is 53.2 Å². The van der Waals surface area contributed by atoms with Crippen LogP contribution in [-0.2, 0) is 19.0 Å². The van der Waals surface area contributed by atoms with Crippen LogP contribution in [0.3, 0.4) is 0 Å². The Hall–Kier alpha value is -0.650. The van der Waals surface area contributed by atoms with Crippen molar-refractivity contribution < 1.29 is 19.0 Å². The first-order valence-electron chi connectivity index (χ1n) is 9.16. The zero-order valence-electron chi connectivity index (χ0n) is 14.4. The molecule has 5 nitrogen and oxygen atoms in total. The maximum absolute atomic E-state index is 12.2. The van der Waals surface area contributed by atoms with Gasteiger partial charge in [-0.1, -0.05) is 0 Å². The molecule has 5 heteroatoms. The Balaban J connectivity index is 1.49. The lowest BCUT2D eigenvalue weighted by Crippen LogP contribution is -2.50. The van der Waals surface area contributed by atoms with Crippen molar-refractivity contribution in [3.8, 4) is 0 Å². The summed E-state index contributed by atoms with van der Waals surface area (Å²) in [7, 11) is 1.65. The molecule has 2 heterocycles. The van der Waals surface area contributed by atoms with Gasteiger partial charge in [-0.25, -0.2) is 0 Å². The Labute approximate surface area is 139 Å². The number of nitrogens with zero attached hydrogens (tertiary/aromatic N) is 1. The molecule has 1 aliphatic carbocycles. The molecule has 3 aliphatic rings. The van der Waals surface area contributed by atoms with E-state index in [1.807, 2.05) is 4.90 Å². The van der Waals surface area contributed by atoms with Crippen molar-refractivity contribution >= 4 is 5.91 Å². The Morgan fingerprint density at radius 1 is 1.22 bits per heavy atom. The van der Waals surface area contributed by atoms with Crippen molar-refractivity contribution in [3.63, 3.8) is 0 Å². The lowest BCUT2D eigenvalue weighted by atomic mass is 9.66. The standard InChI is InChI=1S/C18H31NO4/c1-21-10-4-17(20)19-8-5-18(6-9-19)7-11-22-13-16(18)14-23-12-15-2-3-15/h15-16H,2-14H2,1H3/t16-/m1/s1. The van der Waals surface area contributed by atoms with E-state index in [0.717, 1.165) is 64.7 Å². The van der Waals surface area contributed by atoms with Crippen LogP contribution >= 0.6 is 0 Å². The predicted octanol–water partition coefficient (Wildman–Crippen LogP) is 2.09. The van der Waals surface area contributed by atoms with Crippen LogP contribution in [0.5, 0.6) is 0 Å². The molecule has 3 rings (SSSR count). The molecule has 1 saturated carbocycles. The minimum Gasteiger partial charge on any atom is -0.384 e. The van der Waals surface area contributed by atoms with E-state index in [4.69, 9.17) is 14.2 Å². The quantitative estimate of drug-likeness (QED) is 0.719. The van der Waals surface area contributed by atoms with Gasteiger partial charge in [-0.15, -0.1) is 0 Å². The smallest absolute Gasteiger partial charge is 0.224 e. The Morgan fingerprint density at radius 3 is 2.70 bits per heavy atom. The zero-order valence-corrected chi connectivity index (χ0v) is 14.4. The highest BCUT2D eigenvalue weighted by Gasteiger charge is 2.44. The number of rotatable bonds is 7. The molecule has 0 aromatic heterocycles. The SMILES string of the molecule is COCCC(=O)N1CCC2(CCOC[C@@H]2COCC2CC2)CC1. The lowest BCUT2D eigenvalue weighted by Gasteiger charge is -2.49. The lowest BCUT2D eigenvalue weighted by molar-refractivity contribution is -0.139. The summed E-state index contributed by atoms with van der Waals surface area (Å²) in [6.07, 6.45) is 6.47. The summed E-state index contributed by atoms with van der Waals surface area (Å²) in [6.45, 7) is 5.71. The van der Waals surface area contributed by atoms with Gasteiger partial charge < -0.3 is 19.1 Å². The Kier molecular flexibility index (Phi) is 5.94. The molecule has 0 aromatic rings. The topological polar surface area (TPSA) is 48.0 Å². The fourth-order valence-corrected chi connectivity index (χ4v) is 3.98. The van der Waals surface area contributed by atoms with Crippen molar-refractivity contribution in [1.29, 1.82) is 0 Å². The highest BCUT2D eigenvalue weighted by molar-refractivity contribution is 5.76. The third-order valence-corrected chi connectivity index (χ3v) is 5.93. The number of amides is 1. The van der Waals surface area contributed by atoms with Crippen LogP contribution in [-0.4, -0.2) is 64.0 Å². The third kappa shape index (κ3) is 4.46. The number of hydrogen-bond acceptors (Lipinski definition) is 4. The molecule has 0 bridgehead atoms. The number of piperidine rings is 1. The van der Waals surface area contributed by atoms with Gasteiger partial charge in [-0.3, -0.25) is 4.79 Å². The van der Waals surface area contributed by atoms with E-state index in [-0.39, 0.29) is 5.91 Å². The maximum atomic E-state index is 12.2. The first-order chi connectivity index (χ1) is 11.2. The van der Waals surface area contributed by atoms with Crippen molar-refractivity contribution in [2.24, 2.45) is 17.3 Å². The first kappa shape index (κ1) is 17.2. The van der Waals surface area contributed by atoms with E-state index in [2.05, 4.69) is 0 Å². The summed E-state index contributed by atoms with van der Waals surface area (Å²) in [5, 5.41) is 0. The van der Waals surface area contributed by atoms with Crippen LogP contribution in [0.2, 0.25) is 0 Å². The van der Waals surface area contributed by atoms with Crippen molar-refractivity contribution in [2.45, 2.75) is 38.5 Å². The second kappa shape index (κ2) is 7.95. The van der Waals surface area contributed by atoms with E-state index >= 15 is 0 Å². The molecule has 2 aliphatic heterocycles. The van der Waals surface area contributed by atoms with Gasteiger partial charge in [0, 0.05) is 39.3 Å². The second-order valence-corrected chi connectivity index (χ2v) is 7.49. The number of ether oxygens (including phenoxy) is 3. The van der Waals surface area contributed by atoms with Gasteiger partial charge in [-0.05, 0) is 43.4 Å². The van der Waals surface area contributed by atoms with Crippen LogP contribution in [0.1, 0.15) is 38.5 Å². The summed E-state index contributed by atoms with van der Waals surface area (Å²) in [4.78, 5) is 14.2. The molecule has 0 aromatic carbocycles.